The number of halogens is 2. The first-order chi connectivity index (χ1) is 8.50. The van der Waals surface area contributed by atoms with Crippen LogP contribution < -0.4 is 0 Å². The topological polar surface area (TPSA) is 20.2 Å². The Morgan fingerprint density at radius 1 is 1.11 bits per heavy atom. The lowest BCUT2D eigenvalue weighted by Crippen LogP contribution is -2.24. The van der Waals surface area contributed by atoms with Gasteiger partial charge in [0.1, 0.15) is 0 Å². The Morgan fingerprint density at radius 3 is 2.39 bits per heavy atom. The van der Waals surface area contributed by atoms with Crippen molar-refractivity contribution in [3.63, 3.8) is 0 Å². The van der Waals surface area contributed by atoms with Crippen LogP contribution in [-0.2, 0) is 12.0 Å². The highest BCUT2D eigenvalue weighted by molar-refractivity contribution is 9.10. The molecule has 94 valence electrons. The third-order valence-electron chi connectivity index (χ3n) is 2.95. The van der Waals surface area contributed by atoms with E-state index in [1.165, 1.54) is 0 Å². The van der Waals surface area contributed by atoms with Gasteiger partial charge in [0, 0.05) is 21.5 Å². The largest absolute Gasteiger partial charge is 0.385 e. The highest BCUT2D eigenvalue weighted by Gasteiger charge is 2.26. The SMILES string of the molecule is CC(O)(Cc1ccccc1Br)c1ccccc1Cl. The van der Waals surface area contributed by atoms with Crippen LogP contribution in [0.25, 0.3) is 0 Å². The maximum atomic E-state index is 10.6. The van der Waals surface area contributed by atoms with Crippen LogP contribution in [-0.4, -0.2) is 5.11 Å². The standard InChI is InChI=1S/C15H14BrClO/c1-15(18,12-7-3-5-9-14(12)17)10-11-6-2-4-8-13(11)16/h2-9,18H,10H2,1H3. The number of rotatable bonds is 3. The third-order valence-corrected chi connectivity index (χ3v) is 4.05. The minimum atomic E-state index is -0.984. The second-order valence-corrected chi connectivity index (χ2v) is 5.78. The summed E-state index contributed by atoms with van der Waals surface area (Å²) in [6.45, 7) is 1.79. The normalized spacial score (nSPS) is 14.2. The molecule has 1 unspecified atom stereocenters. The first kappa shape index (κ1) is 13.6. The molecule has 2 rings (SSSR count). The molecular weight excluding hydrogens is 312 g/mol. The number of benzene rings is 2. The molecule has 0 aliphatic heterocycles. The van der Waals surface area contributed by atoms with E-state index in [0.29, 0.717) is 11.4 Å². The molecule has 0 radical (unpaired) electrons. The van der Waals surface area contributed by atoms with Gasteiger partial charge in [0.05, 0.1) is 5.60 Å². The van der Waals surface area contributed by atoms with Gasteiger partial charge in [-0.1, -0.05) is 63.9 Å². The number of hydrogen-bond donors (Lipinski definition) is 1. The van der Waals surface area contributed by atoms with Crippen molar-refractivity contribution in [3.05, 3.63) is 69.2 Å². The summed E-state index contributed by atoms with van der Waals surface area (Å²) in [7, 11) is 0. The molecule has 0 amide bonds. The zero-order valence-corrected chi connectivity index (χ0v) is 12.4. The van der Waals surface area contributed by atoms with Gasteiger partial charge in [0.25, 0.3) is 0 Å². The van der Waals surface area contributed by atoms with Crippen molar-refractivity contribution in [2.75, 3.05) is 0 Å². The molecule has 1 atom stereocenters. The number of hydrogen-bond acceptors (Lipinski definition) is 1. The Kier molecular flexibility index (Phi) is 4.10. The van der Waals surface area contributed by atoms with Gasteiger partial charge in [0.2, 0.25) is 0 Å². The van der Waals surface area contributed by atoms with E-state index < -0.39 is 5.60 Å². The Balaban J connectivity index is 2.33. The van der Waals surface area contributed by atoms with Crippen molar-refractivity contribution >= 4 is 27.5 Å². The zero-order chi connectivity index (χ0) is 13.2. The van der Waals surface area contributed by atoms with Crippen molar-refractivity contribution in [3.8, 4) is 0 Å². The second-order valence-electron chi connectivity index (χ2n) is 4.52. The summed E-state index contributed by atoms with van der Waals surface area (Å²) in [6, 6.07) is 15.3. The quantitative estimate of drug-likeness (QED) is 0.877. The molecule has 0 aliphatic rings. The maximum Gasteiger partial charge on any atom is 0.0923 e. The highest BCUT2D eigenvalue weighted by Crippen LogP contribution is 2.32. The lowest BCUT2D eigenvalue weighted by atomic mass is 9.89. The molecule has 2 aromatic rings. The van der Waals surface area contributed by atoms with Gasteiger partial charge in [-0.2, -0.15) is 0 Å². The van der Waals surface area contributed by atoms with Crippen LogP contribution >= 0.6 is 27.5 Å². The summed E-state index contributed by atoms with van der Waals surface area (Å²) in [5, 5.41) is 11.2. The molecule has 0 heterocycles. The Hall–Kier alpha value is -0.830. The van der Waals surface area contributed by atoms with E-state index in [0.717, 1.165) is 15.6 Å². The predicted octanol–water partition coefficient (Wildman–Crippen LogP) is 4.55. The molecular formula is C15H14BrClO. The summed E-state index contributed by atoms with van der Waals surface area (Å²) in [5.41, 5.74) is 0.826. The van der Waals surface area contributed by atoms with Gasteiger partial charge in [0.15, 0.2) is 0 Å². The first-order valence-electron chi connectivity index (χ1n) is 5.71. The zero-order valence-electron chi connectivity index (χ0n) is 10.0. The summed E-state index contributed by atoms with van der Waals surface area (Å²) in [4.78, 5) is 0. The molecule has 0 aromatic heterocycles. The van der Waals surface area contributed by atoms with Gasteiger partial charge >= 0.3 is 0 Å². The van der Waals surface area contributed by atoms with E-state index in [-0.39, 0.29) is 0 Å². The fourth-order valence-corrected chi connectivity index (χ4v) is 2.77. The Morgan fingerprint density at radius 2 is 1.72 bits per heavy atom. The van der Waals surface area contributed by atoms with Gasteiger partial charge in [-0.3, -0.25) is 0 Å². The van der Waals surface area contributed by atoms with Gasteiger partial charge in [-0.05, 0) is 24.6 Å². The van der Waals surface area contributed by atoms with Crippen molar-refractivity contribution in [1.29, 1.82) is 0 Å². The van der Waals surface area contributed by atoms with E-state index in [1.807, 2.05) is 42.5 Å². The molecule has 0 saturated carbocycles. The summed E-state index contributed by atoms with van der Waals surface area (Å²) < 4.78 is 0.998. The maximum absolute atomic E-state index is 10.6. The molecule has 1 nitrogen and oxygen atoms in total. The molecule has 1 N–H and O–H groups in total. The molecule has 3 heteroatoms. The van der Waals surface area contributed by atoms with Gasteiger partial charge < -0.3 is 5.11 Å². The molecule has 0 saturated heterocycles. The second kappa shape index (κ2) is 5.43. The van der Waals surface area contributed by atoms with Crippen LogP contribution in [0.5, 0.6) is 0 Å². The van der Waals surface area contributed by atoms with Crippen molar-refractivity contribution in [1.82, 2.24) is 0 Å². The van der Waals surface area contributed by atoms with Crippen LogP contribution in [0.2, 0.25) is 5.02 Å². The van der Waals surface area contributed by atoms with Crippen LogP contribution in [0.1, 0.15) is 18.1 Å². The lowest BCUT2D eigenvalue weighted by Gasteiger charge is -2.25. The summed E-state index contributed by atoms with van der Waals surface area (Å²) in [6.07, 6.45) is 0.512. The fourth-order valence-electron chi connectivity index (χ4n) is 2.01. The minimum absolute atomic E-state index is 0.512. The average Bonchev–Trinajstić information content (AvgIpc) is 2.32. The lowest BCUT2D eigenvalue weighted by molar-refractivity contribution is 0.0576. The Bertz CT molecular complexity index is 552. The minimum Gasteiger partial charge on any atom is -0.385 e. The summed E-state index contributed by atoms with van der Waals surface area (Å²) >= 11 is 9.64. The smallest absolute Gasteiger partial charge is 0.0923 e. The number of aliphatic hydroxyl groups is 1. The molecule has 0 aliphatic carbocycles. The van der Waals surface area contributed by atoms with Crippen molar-refractivity contribution < 1.29 is 5.11 Å². The van der Waals surface area contributed by atoms with Crippen LogP contribution in [0.3, 0.4) is 0 Å². The average molecular weight is 326 g/mol. The van der Waals surface area contributed by atoms with E-state index in [9.17, 15) is 5.11 Å². The third kappa shape index (κ3) is 2.94. The van der Waals surface area contributed by atoms with Crippen LogP contribution in [0.4, 0.5) is 0 Å². The van der Waals surface area contributed by atoms with Crippen molar-refractivity contribution in [2.45, 2.75) is 18.9 Å². The molecule has 0 bridgehead atoms. The van der Waals surface area contributed by atoms with E-state index in [2.05, 4.69) is 15.9 Å². The van der Waals surface area contributed by atoms with Gasteiger partial charge in [-0.25, -0.2) is 0 Å². The van der Waals surface area contributed by atoms with Crippen LogP contribution in [0, 0.1) is 0 Å². The molecule has 0 fully saturated rings. The van der Waals surface area contributed by atoms with E-state index in [4.69, 9.17) is 11.6 Å². The monoisotopic (exact) mass is 324 g/mol. The molecule has 2 aromatic carbocycles. The molecule has 18 heavy (non-hydrogen) atoms. The predicted molar refractivity (Wildman–Crippen MR) is 78.9 cm³/mol. The van der Waals surface area contributed by atoms with Crippen molar-refractivity contribution in [2.24, 2.45) is 0 Å². The van der Waals surface area contributed by atoms with Crippen LogP contribution in [0.15, 0.2) is 53.0 Å². The van der Waals surface area contributed by atoms with Gasteiger partial charge in [-0.15, -0.1) is 0 Å². The Labute approximate surface area is 121 Å². The van der Waals surface area contributed by atoms with E-state index >= 15 is 0 Å². The fraction of sp³-hybridized carbons (Fsp3) is 0.200. The highest BCUT2D eigenvalue weighted by atomic mass is 79.9. The first-order valence-corrected chi connectivity index (χ1v) is 6.88. The summed E-state index contributed by atoms with van der Waals surface area (Å²) in [5.74, 6) is 0. The molecule has 0 spiro atoms. The van der Waals surface area contributed by atoms with E-state index in [1.54, 1.807) is 13.0 Å².